The third-order valence-electron chi connectivity index (χ3n) is 1.35. The van der Waals surface area contributed by atoms with Crippen LogP contribution in [0.5, 0.6) is 0 Å². The van der Waals surface area contributed by atoms with Gasteiger partial charge in [-0.25, -0.2) is 13.1 Å². The van der Waals surface area contributed by atoms with Crippen molar-refractivity contribution in [3.63, 3.8) is 0 Å². The van der Waals surface area contributed by atoms with E-state index < -0.39 is 10.0 Å². The van der Waals surface area contributed by atoms with Crippen LogP contribution in [0.25, 0.3) is 0 Å². The summed E-state index contributed by atoms with van der Waals surface area (Å²) >= 11 is 1.62. The summed E-state index contributed by atoms with van der Waals surface area (Å²) in [6, 6.07) is 0. The maximum absolute atomic E-state index is 11.1. The molecule has 0 amide bonds. The predicted molar refractivity (Wildman–Crippen MR) is 61.0 cm³/mol. The van der Waals surface area contributed by atoms with Gasteiger partial charge in [0.25, 0.3) is 0 Å². The molecule has 0 aliphatic carbocycles. The maximum Gasteiger partial charge on any atom is 0.215 e. The molecule has 0 unspecified atom stereocenters. The molecule has 0 bridgehead atoms. The second-order valence-electron chi connectivity index (χ2n) is 2.65. The van der Waals surface area contributed by atoms with Gasteiger partial charge >= 0.3 is 0 Å². The minimum Gasteiger partial charge on any atom is -0.396 e. The van der Waals surface area contributed by atoms with Crippen LogP contribution in [-0.4, -0.2) is 43.9 Å². The van der Waals surface area contributed by atoms with Gasteiger partial charge in [-0.05, 0) is 12.2 Å². The Bertz CT molecular complexity index is 239. The Labute approximate surface area is 89.8 Å². The lowest BCUT2D eigenvalue weighted by molar-refractivity contribution is 0.296. The van der Waals surface area contributed by atoms with Crippen molar-refractivity contribution in [1.29, 1.82) is 0 Å². The topological polar surface area (TPSA) is 66.4 Å². The fourth-order valence-electron chi connectivity index (χ4n) is 0.752. The van der Waals surface area contributed by atoms with Crippen molar-refractivity contribution >= 4 is 21.8 Å². The lowest BCUT2D eigenvalue weighted by Gasteiger charge is -2.03. The lowest BCUT2D eigenvalue weighted by Crippen LogP contribution is -2.27. The van der Waals surface area contributed by atoms with Crippen molar-refractivity contribution in [1.82, 2.24) is 4.72 Å². The Kier molecular flexibility index (Phi) is 8.26. The van der Waals surface area contributed by atoms with E-state index in [0.717, 1.165) is 17.9 Å². The van der Waals surface area contributed by atoms with Crippen molar-refractivity contribution in [2.24, 2.45) is 0 Å². The monoisotopic (exact) mass is 239 g/mol. The molecule has 0 aromatic heterocycles. The summed E-state index contributed by atoms with van der Waals surface area (Å²) < 4.78 is 24.6. The van der Waals surface area contributed by atoms with Crippen LogP contribution in [0, 0.1) is 0 Å². The molecule has 6 heteroatoms. The molecule has 84 valence electrons. The molecule has 14 heavy (non-hydrogen) atoms. The Hall–Kier alpha value is -0.0400. The molecule has 0 fully saturated rings. The summed E-state index contributed by atoms with van der Waals surface area (Å²) in [6.45, 7) is 3.99. The van der Waals surface area contributed by atoms with E-state index in [2.05, 4.69) is 11.3 Å². The minimum absolute atomic E-state index is 0.0334. The van der Waals surface area contributed by atoms with Crippen LogP contribution in [0.15, 0.2) is 12.7 Å². The first-order valence-electron chi connectivity index (χ1n) is 4.39. The van der Waals surface area contributed by atoms with Gasteiger partial charge in [-0.3, -0.25) is 0 Å². The van der Waals surface area contributed by atoms with Crippen molar-refractivity contribution < 1.29 is 13.5 Å². The quantitative estimate of drug-likeness (QED) is 0.446. The first-order valence-corrected chi connectivity index (χ1v) is 7.20. The highest BCUT2D eigenvalue weighted by Crippen LogP contribution is 2.00. The zero-order chi connectivity index (χ0) is 10.9. The molecule has 0 aromatic rings. The molecule has 4 nitrogen and oxygen atoms in total. The van der Waals surface area contributed by atoms with Crippen LogP contribution in [0.3, 0.4) is 0 Å². The fourth-order valence-corrected chi connectivity index (χ4v) is 2.51. The fraction of sp³-hybridized carbons (Fsp3) is 0.750. The molecular weight excluding hydrogens is 222 g/mol. The molecule has 0 radical (unpaired) electrons. The number of nitrogens with one attached hydrogen (secondary N) is 1. The molecule has 0 rings (SSSR count). The van der Waals surface area contributed by atoms with Gasteiger partial charge < -0.3 is 5.11 Å². The van der Waals surface area contributed by atoms with E-state index in [0.29, 0.717) is 6.54 Å². The Balaban J connectivity index is 3.40. The van der Waals surface area contributed by atoms with Gasteiger partial charge in [0.15, 0.2) is 0 Å². The summed E-state index contributed by atoms with van der Waals surface area (Å²) in [5, 5.41) is 8.49. The summed E-state index contributed by atoms with van der Waals surface area (Å²) in [7, 11) is -3.16. The number of hydrogen-bond acceptors (Lipinski definition) is 4. The van der Waals surface area contributed by atoms with Crippen LogP contribution < -0.4 is 4.72 Å². The van der Waals surface area contributed by atoms with E-state index in [4.69, 9.17) is 5.11 Å². The van der Waals surface area contributed by atoms with Crippen LogP contribution in [-0.2, 0) is 10.0 Å². The van der Waals surface area contributed by atoms with Gasteiger partial charge in [0.1, 0.15) is 0 Å². The van der Waals surface area contributed by atoms with Crippen LogP contribution in [0.4, 0.5) is 0 Å². The number of aliphatic hydroxyl groups excluding tert-OH is 1. The summed E-state index contributed by atoms with van der Waals surface area (Å²) in [5.74, 6) is 1.56. The van der Waals surface area contributed by atoms with Gasteiger partial charge in [-0.1, -0.05) is 6.08 Å². The largest absolute Gasteiger partial charge is 0.396 e. The van der Waals surface area contributed by atoms with Crippen molar-refractivity contribution in [3.8, 4) is 0 Å². The molecule has 0 saturated heterocycles. The van der Waals surface area contributed by atoms with Gasteiger partial charge in [0.05, 0.1) is 5.75 Å². The summed E-state index contributed by atoms with van der Waals surface area (Å²) in [6.07, 6.45) is 2.12. The SMILES string of the molecule is C=CCS(=O)(=O)NCCSCCCO. The normalized spacial score (nSPS) is 11.5. The second-order valence-corrected chi connectivity index (χ2v) is 5.73. The average Bonchev–Trinajstić information content (AvgIpc) is 2.11. The number of thioether (sulfide) groups is 1. The van der Waals surface area contributed by atoms with E-state index in [1.54, 1.807) is 11.8 Å². The van der Waals surface area contributed by atoms with Crippen molar-refractivity contribution in [2.45, 2.75) is 6.42 Å². The zero-order valence-corrected chi connectivity index (χ0v) is 9.74. The first-order chi connectivity index (χ1) is 6.62. The number of hydrogen-bond donors (Lipinski definition) is 2. The van der Waals surface area contributed by atoms with E-state index >= 15 is 0 Å². The van der Waals surface area contributed by atoms with E-state index in [1.807, 2.05) is 0 Å². The molecule has 0 heterocycles. The third-order valence-corrected chi connectivity index (χ3v) is 3.74. The van der Waals surface area contributed by atoms with Crippen molar-refractivity contribution in [3.05, 3.63) is 12.7 Å². The van der Waals surface area contributed by atoms with Gasteiger partial charge in [0, 0.05) is 18.9 Å². The van der Waals surface area contributed by atoms with E-state index in [1.165, 1.54) is 6.08 Å². The highest BCUT2D eigenvalue weighted by atomic mass is 32.2. The number of rotatable bonds is 9. The van der Waals surface area contributed by atoms with Crippen LogP contribution in [0.2, 0.25) is 0 Å². The molecule has 0 aliphatic rings. The summed E-state index contributed by atoms with van der Waals surface area (Å²) in [4.78, 5) is 0. The minimum atomic E-state index is -3.16. The van der Waals surface area contributed by atoms with Gasteiger partial charge in [0.2, 0.25) is 10.0 Å². The predicted octanol–water partition coefficient (Wildman–Crippen LogP) is 0.207. The standard InChI is InChI=1S/C8H17NO3S2/c1-2-8-14(11,12)9-4-7-13-6-3-5-10/h2,9-10H,1,3-8H2. The van der Waals surface area contributed by atoms with Gasteiger partial charge in [-0.2, -0.15) is 11.8 Å². The van der Waals surface area contributed by atoms with E-state index in [9.17, 15) is 8.42 Å². The zero-order valence-electron chi connectivity index (χ0n) is 8.11. The number of sulfonamides is 1. The van der Waals surface area contributed by atoms with Crippen LogP contribution >= 0.6 is 11.8 Å². The Morgan fingerprint density at radius 1 is 1.43 bits per heavy atom. The Morgan fingerprint density at radius 3 is 2.71 bits per heavy atom. The highest BCUT2D eigenvalue weighted by molar-refractivity contribution is 7.99. The molecule has 0 aliphatic heterocycles. The molecule has 0 atom stereocenters. The van der Waals surface area contributed by atoms with Crippen LogP contribution in [0.1, 0.15) is 6.42 Å². The maximum atomic E-state index is 11.1. The molecule has 0 saturated carbocycles. The Morgan fingerprint density at radius 2 is 2.14 bits per heavy atom. The second kappa shape index (κ2) is 8.28. The average molecular weight is 239 g/mol. The van der Waals surface area contributed by atoms with Gasteiger partial charge in [-0.15, -0.1) is 6.58 Å². The first kappa shape index (κ1) is 14.0. The number of aliphatic hydroxyl groups is 1. The molecular formula is C8H17NO3S2. The van der Waals surface area contributed by atoms with E-state index in [-0.39, 0.29) is 12.4 Å². The smallest absolute Gasteiger partial charge is 0.215 e. The molecule has 2 N–H and O–H groups in total. The third kappa shape index (κ3) is 8.55. The molecule has 0 aromatic carbocycles. The summed E-state index contributed by atoms with van der Waals surface area (Å²) in [5.41, 5.74) is 0. The van der Waals surface area contributed by atoms with Crippen molar-refractivity contribution in [2.75, 3.05) is 30.4 Å². The highest BCUT2D eigenvalue weighted by Gasteiger charge is 2.05. The lowest BCUT2D eigenvalue weighted by atomic mass is 10.5. The molecule has 0 spiro atoms.